The summed E-state index contributed by atoms with van der Waals surface area (Å²) in [5, 5.41) is 2.73. The van der Waals surface area contributed by atoms with Crippen LogP contribution in [0.4, 0.5) is 11.6 Å². The maximum Gasteiger partial charge on any atom is 0.239 e. The number of rotatable bonds is 7. The van der Waals surface area contributed by atoms with Crippen molar-refractivity contribution < 1.29 is 9.53 Å². The minimum atomic E-state index is -0.0702. The fraction of sp³-hybridized carbons (Fsp3) is 0.545. The van der Waals surface area contributed by atoms with Crippen molar-refractivity contribution in [1.82, 2.24) is 15.3 Å². The average Bonchev–Trinajstić information content (AvgIpc) is 2.38. The van der Waals surface area contributed by atoms with Crippen molar-refractivity contribution >= 4 is 17.5 Å². The molecule has 0 radical (unpaired) electrons. The first kappa shape index (κ1) is 15.1. The van der Waals surface area contributed by atoms with Crippen molar-refractivity contribution in [3.05, 3.63) is 11.9 Å². The second-order valence-electron chi connectivity index (χ2n) is 3.91. The molecule has 0 aliphatic rings. The van der Waals surface area contributed by atoms with Crippen LogP contribution >= 0.6 is 0 Å². The van der Waals surface area contributed by atoms with Crippen LogP contribution in [0.15, 0.2) is 6.07 Å². The number of nitrogens with one attached hydrogen (secondary N) is 2. The Kier molecular flexibility index (Phi) is 5.97. The van der Waals surface area contributed by atoms with Crippen LogP contribution < -0.4 is 21.5 Å². The molecule has 106 valence electrons. The molecule has 8 heteroatoms. The molecule has 0 atom stereocenters. The van der Waals surface area contributed by atoms with Crippen LogP contribution in [0, 0.1) is 0 Å². The van der Waals surface area contributed by atoms with Gasteiger partial charge in [0.05, 0.1) is 6.54 Å². The molecule has 1 aromatic rings. The van der Waals surface area contributed by atoms with Gasteiger partial charge in [-0.2, -0.15) is 0 Å². The van der Waals surface area contributed by atoms with Crippen LogP contribution in [0.1, 0.15) is 12.7 Å². The molecule has 1 amide bonds. The summed E-state index contributed by atoms with van der Waals surface area (Å²) in [6.45, 7) is 2.95. The monoisotopic (exact) mass is 268 g/mol. The van der Waals surface area contributed by atoms with E-state index in [-0.39, 0.29) is 19.1 Å². The summed E-state index contributed by atoms with van der Waals surface area (Å²) in [6.07, 6.45) is 0. The van der Waals surface area contributed by atoms with E-state index in [0.717, 1.165) is 0 Å². The van der Waals surface area contributed by atoms with E-state index in [2.05, 4.69) is 20.7 Å². The third kappa shape index (κ3) is 4.68. The van der Waals surface area contributed by atoms with Gasteiger partial charge in [0.25, 0.3) is 0 Å². The normalized spacial score (nSPS) is 10.1. The van der Waals surface area contributed by atoms with Crippen LogP contribution in [0.3, 0.4) is 0 Å². The van der Waals surface area contributed by atoms with Crippen molar-refractivity contribution in [2.24, 2.45) is 5.84 Å². The van der Waals surface area contributed by atoms with Crippen LogP contribution in [0.2, 0.25) is 0 Å². The summed E-state index contributed by atoms with van der Waals surface area (Å²) >= 11 is 0. The quantitative estimate of drug-likeness (QED) is 0.451. The Balaban J connectivity index is 2.85. The Morgan fingerprint density at radius 1 is 1.53 bits per heavy atom. The summed E-state index contributed by atoms with van der Waals surface area (Å²) < 4.78 is 4.99. The zero-order valence-corrected chi connectivity index (χ0v) is 11.4. The largest absolute Gasteiger partial charge is 0.377 e. The number of amides is 1. The molecule has 0 spiro atoms. The fourth-order valence-corrected chi connectivity index (χ4v) is 1.50. The van der Waals surface area contributed by atoms with Gasteiger partial charge in [-0.25, -0.2) is 15.8 Å². The number of ether oxygens (including phenoxy) is 1. The maximum atomic E-state index is 11.5. The van der Waals surface area contributed by atoms with Crippen LogP contribution in [-0.4, -0.2) is 43.1 Å². The summed E-state index contributed by atoms with van der Waals surface area (Å²) in [6, 6.07) is 1.67. The summed E-state index contributed by atoms with van der Waals surface area (Å²) in [5.41, 5.74) is 2.47. The smallest absolute Gasteiger partial charge is 0.239 e. The topological polar surface area (TPSA) is 105 Å². The van der Waals surface area contributed by atoms with Gasteiger partial charge in [-0.15, -0.1) is 0 Å². The van der Waals surface area contributed by atoms with Crippen LogP contribution in [-0.2, 0) is 16.1 Å². The van der Waals surface area contributed by atoms with Gasteiger partial charge < -0.3 is 20.4 Å². The number of carbonyl (C=O) groups is 1. The number of hydrazine groups is 1. The molecule has 1 aromatic heterocycles. The van der Waals surface area contributed by atoms with E-state index >= 15 is 0 Å². The van der Waals surface area contributed by atoms with E-state index in [9.17, 15) is 4.79 Å². The number of likely N-dealkylation sites (N-methyl/N-ethyl adjacent to an activating group) is 2. The lowest BCUT2D eigenvalue weighted by atomic mass is 10.4. The lowest BCUT2D eigenvalue weighted by Gasteiger charge is -2.18. The summed E-state index contributed by atoms with van der Waals surface area (Å²) in [5.74, 6) is 6.85. The first-order chi connectivity index (χ1) is 9.10. The SMILES string of the molecule is CCNC(=O)CN(C)c1cc(NN)nc(COC)n1. The minimum Gasteiger partial charge on any atom is -0.377 e. The van der Waals surface area contributed by atoms with Gasteiger partial charge in [-0.1, -0.05) is 0 Å². The molecule has 0 saturated carbocycles. The Hall–Kier alpha value is -1.93. The second-order valence-corrected chi connectivity index (χ2v) is 3.91. The highest BCUT2D eigenvalue weighted by Gasteiger charge is 2.11. The minimum absolute atomic E-state index is 0.0702. The molecule has 0 aromatic carbocycles. The number of nitrogen functional groups attached to an aromatic ring is 1. The highest BCUT2D eigenvalue weighted by Crippen LogP contribution is 2.14. The zero-order valence-electron chi connectivity index (χ0n) is 11.4. The van der Waals surface area contributed by atoms with E-state index < -0.39 is 0 Å². The predicted octanol–water partition coefficient (Wildman–Crippen LogP) is -0.519. The Bertz CT molecular complexity index is 426. The third-order valence-electron chi connectivity index (χ3n) is 2.33. The number of carbonyl (C=O) groups excluding carboxylic acids is 1. The van der Waals surface area contributed by atoms with E-state index in [1.165, 1.54) is 0 Å². The molecular formula is C11H20N6O2. The molecule has 0 aliphatic heterocycles. The van der Waals surface area contributed by atoms with Crippen LogP contribution in [0.25, 0.3) is 0 Å². The molecule has 4 N–H and O–H groups in total. The fourth-order valence-electron chi connectivity index (χ4n) is 1.50. The molecule has 0 unspecified atom stereocenters. The molecule has 0 aliphatic carbocycles. The Morgan fingerprint density at radius 2 is 2.26 bits per heavy atom. The molecule has 8 nitrogen and oxygen atoms in total. The first-order valence-electron chi connectivity index (χ1n) is 5.92. The number of anilines is 2. The number of hydrogen-bond donors (Lipinski definition) is 3. The van der Waals surface area contributed by atoms with Crippen molar-refractivity contribution in [1.29, 1.82) is 0 Å². The molecular weight excluding hydrogens is 248 g/mol. The molecule has 1 rings (SSSR count). The summed E-state index contributed by atoms with van der Waals surface area (Å²) in [7, 11) is 3.33. The predicted molar refractivity (Wildman–Crippen MR) is 72.5 cm³/mol. The van der Waals surface area contributed by atoms with Gasteiger partial charge in [0.2, 0.25) is 5.91 Å². The second kappa shape index (κ2) is 7.49. The van der Waals surface area contributed by atoms with E-state index in [1.54, 1.807) is 25.1 Å². The molecule has 0 saturated heterocycles. The number of aromatic nitrogens is 2. The van der Waals surface area contributed by atoms with Crippen molar-refractivity contribution in [2.45, 2.75) is 13.5 Å². The Morgan fingerprint density at radius 3 is 2.84 bits per heavy atom. The van der Waals surface area contributed by atoms with E-state index in [1.807, 2.05) is 6.92 Å². The van der Waals surface area contributed by atoms with Crippen molar-refractivity contribution in [3.63, 3.8) is 0 Å². The van der Waals surface area contributed by atoms with E-state index in [0.29, 0.717) is 24.0 Å². The Labute approximate surface area is 112 Å². The molecule has 0 bridgehead atoms. The van der Waals surface area contributed by atoms with Crippen molar-refractivity contribution in [2.75, 3.05) is 37.6 Å². The van der Waals surface area contributed by atoms with Gasteiger partial charge in [-0.05, 0) is 6.92 Å². The lowest BCUT2D eigenvalue weighted by molar-refractivity contribution is -0.119. The van der Waals surface area contributed by atoms with Gasteiger partial charge in [0, 0.05) is 26.8 Å². The summed E-state index contributed by atoms with van der Waals surface area (Å²) in [4.78, 5) is 21.7. The standard InChI is InChI=1S/C11H20N6O2/c1-4-13-11(18)6-17(2)10-5-8(16-12)14-9(15-10)7-19-3/h5H,4,6-7,12H2,1-3H3,(H,13,18)(H,14,15,16). The first-order valence-corrected chi connectivity index (χ1v) is 5.92. The lowest BCUT2D eigenvalue weighted by Crippen LogP contribution is -2.35. The molecule has 0 fully saturated rings. The zero-order chi connectivity index (χ0) is 14.3. The third-order valence-corrected chi connectivity index (χ3v) is 2.33. The van der Waals surface area contributed by atoms with Crippen LogP contribution in [0.5, 0.6) is 0 Å². The van der Waals surface area contributed by atoms with Gasteiger partial charge in [-0.3, -0.25) is 4.79 Å². The number of hydrogen-bond acceptors (Lipinski definition) is 7. The average molecular weight is 268 g/mol. The molecule has 19 heavy (non-hydrogen) atoms. The van der Waals surface area contributed by atoms with Gasteiger partial charge in [0.1, 0.15) is 18.2 Å². The highest BCUT2D eigenvalue weighted by atomic mass is 16.5. The highest BCUT2D eigenvalue weighted by molar-refractivity contribution is 5.80. The maximum absolute atomic E-state index is 11.5. The van der Waals surface area contributed by atoms with Crippen molar-refractivity contribution in [3.8, 4) is 0 Å². The molecule has 1 heterocycles. The van der Waals surface area contributed by atoms with Gasteiger partial charge in [0.15, 0.2) is 5.82 Å². The van der Waals surface area contributed by atoms with E-state index in [4.69, 9.17) is 10.6 Å². The number of methoxy groups -OCH3 is 1. The van der Waals surface area contributed by atoms with Gasteiger partial charge >= 0.3 is 0 Å². The number of nitrogens with zero attached hydrogens (tertiary/aromatic N) is 3. The number of nitrogens with two attached hydrogens (primary N) is 1.